The van der Waals surface area contributed by atoms with Crippen molar-refractivity contribution in [2.75, 3.05) is 5.32 Å². The predicted octanol–water partition coefficient (Wildman–Crippen LogP) is 3.94. The van der Waals surface area contributed by atoms with Gasteiger partial charge in [0.2, 0.25) is 0 Å². The summed E-state index contributed by atoms with van der Waals surface area (Å²) in [5.74, 6) is 0. The van der Waals surface area contributed by atoms with Crippen molar-refractivity contribution in [1.29, 1.82) is 5.26 Å². The molecule has 96 valence electrons. The molecule has 0 bridgehead atoms. The monoisotopic (exact) mass is 315 g/mol. The Morgan fingerprint density at radius 2 is 2.11 bits per heavy atom. The number of pyridine rings is 1. The van der Waals surface area contributed by atoms with Crippen LogP contribution in [0, 0.1) is 25.2 Å². The first-order valence-electron chi connectivity index (χ1n) is 5.97. The summed E-state index contributed by atoms with van der Waals surface area (Å²) in [5, 5.41) is 12.5. The van der Waals surface area contributed by atoms with Crippen LogP contribution in [-0.2, 0) is 6.54 Å². The summed E-state index contributed by atoms with van der Waals surface area (Å²) in [5.41, 5.74) is 4.28. The summed E-state index contributed by atoms with van der Waals surface area (Å²) < 4.78 is 1.05. The molecule has 0 saturated carbocycles. The molecular formula is C15H14BrN3. The maximum absolute atomic E-state index is 9.19. The van der Waals surface area contributed by atoms with Crippen LogP contribution in [0.15, 0.2) is 34.8 Å². The van der Waals surface area contributed by atoms with E-state index in [1.165, 1.54) is 0 Å². The second-order valence-corrected chi connectivity index (χ2v) is 5.28. The molecule has 0 aliphatic heterocycles. The topological polar surface area (TPSA) is 48.7 Å². The maximum atomic E-state index is 9.19. The average molecular weight is 316 g/mol. The van der Waals surface area contributed by atoms with Crippen LogP contribution in [0.1, 0.15) is 22.5 Å². The van der Waals surface area contributed by atoms with Crippen LogP contribution in [0.25, 0.3) is 0 Å². The molecule has 0 aliphatic rings. The Bertz CT molecular complexity index is 644. The molecule has 19 heavy (non-hydrogen) atoms. The molecule has 0 radical (unpaired) electrons. The Labute approximate surface area is 121 Å². The number of aryl methyl sites for hydroxylation is 2. The molecule has 3 nitrogen and oxygen atoms in total. The molecule has 0 unspecified atom stereocenters. The van der Waals surface area contributed by atoms with Crippen LogP contribution < -0.4 is 5.32 Å². The lowest BCUT2D eigenvalue weighted by Crippen LogP contribution is -2.04. The van der Waals surface area contributed by atoms with Crippen molar-refractivity contribution < 1.29 is 0 Å². The van der Waals surface area contributed by atoms with Crippen molar-refractivity contribution >= 4 is 21.6 Å². The van der Waals surface area contributed by atoms with Crippen LogP contribution >= 0.6 is 15.9 Å². The van der Waals surface area contributed by atoms with E-state index < -0.39 is 0 Å². The highest BCUT2D eigenvalue weighted by molar-refractivity contribution is 9.10. The van der Waals surface area contributed by atoms with Gasteiger partial charge in [-0.3, -0.25) is 4.98 Å². The standard InChI is InChI=1S/C15H14BrN3/c1-10-6-15(14(8-17)11(2)19-10)18-9-12-4-3-5-13(16)7-12/h3-7H,9H2,1-2H3,(H,18,19). The van der Waals surface area contributed by atoms with Crippen LogP contribution in [0.3, 0.4) is 0 Å². The molecule has 4 heteroatoms. The molecule has 1 N–H and O–H groups in total. The highest BCUT2D eigenvalue weighted by Gasteiger charge is 2.07. The first-order valence-corrected chi connectivity index (χ1v) is 6.76. The highest BCUT2D eigenvalue weighted by Crippen LogP contribution is 2.20. The number of halogens is 1. The molecule has 0 atom stereocenters. The Morgan fingerprint density at radius 1 is 1.32 bits per heavy atom. The molecule has 2 aromatic rings. The summed E-state index contributed by atoms with van der Waals surface area (Å²) >= 11 is 3.45. The van der Waals surface area contributed by atoms with Gasteiger partial charge in [0, 0.05) is 16.7 Å². The number of benzene rings is 1. The SMILES string of the molecule is Cc1cc(NCc2cccc(Br)c2)c(C#N)c(C)n1. The maximum Gasteiger partial charge on any atom is 0.103 e. The molecule has 1 aromatic carbocycles. The lowest BCUT2D eigenvalue weighted by molar-refractivity contribution is 1.08. The van der Waals surface area contributed by atoms with Crippen molar-refractivity contribution in [1.82, 2.24) is 4.98 Å². The molecule has 0 saturated heterocycles. The smallest absolute Gasteiger partial charge is 0.103 e. The Balaban J connectivity index is 2.22. The largest absolute Gasteiger partial charge is 0.380 e. The number of nitrogens with one attached hydrogen (secondary N) is 1. The predicted molar refractivity (Wildman–Crippen MR) is 79.9 cm³/mol. The molecule has 1 aromatic heterocycles. The third kappa shape index (κ3) is 3.33. The van der Waals surface area contributed by atoms with Crippen LogP contribution in [0.2, 0.25) is 0 Å². The van der Waals surface area contributed by atoms with E-state index in [0.29, 0.717) is 12.1 Å². The first-order chi connectivity index (χ1) is 9.10. The number of aromatic nitrogens is 1. The van der Waals surface area contributed by atoms with Gasteiger partial charge < -0.3 is 5.32 Å². The number of nitrogens with zero attached hydrogens (tertiary/aromatic N) is 2. The van der Waals surface area contributed by atoms with E-state index >= 15 is 0 Å². The van der Waals surface area contributed by atoms with E-state index in [4.69, 9.17) is 0 Å². The summed E-state index contributed by atoms with van der Waals surface area (Å²) in [7, 11) is 0. The quantitative estimate of drug-likeness (QED) is 0.933. The molecular weight excluding hydrogens is 302 g/mol. The third-order valence-corrected chi connectivity index (χ3v) is 3.31. The number of nitriles is 1. The second kappa shape index (κ2) is 5.85. The zero-order valence-electron chi connectivity index (χ0n) is 10.9. The Hall–Kier alpha value is -1.86. The second-order valence-electron chi connectivity index (χ2n) is 4.37. The van der Waals surface area contributed by atoms with E-state index in [-0.39, 0.29) is 0 Å². The van der Waals surface area contributed by atoms with Crippen LogP contribution in [0.4, 0.5) is 5.69 Å². The van der Waals surface area contributed by atoms with Gasteiger partial charge in [0.1, 0.15) is 6.07 Å². The minimum atomic E-state index is 0.612. The van der Waals surface area contributed by atoms with E-state index in [0.717, 1.165) is 27.1 Å². The molecule has 0 aliphatic carbocycles. The van der Waals surface area contributed by atoms with E-state index in [1.807, 2.05) is 38.1 Å². The van der Waals surface area contributed by atoms with Gasteiger partial charge in [0.15, 0.2) is 0 Å². The van der Waals surface area contributed by atoms with Crippen LogP contribution in [-0.4, -0.2) is 4.98 Å². The molecule has 1 heterocycles. The highest BCUT2D eigenvalue weighted by atomic mass is 79.9. The van der Waals surface area contributed by atoms with Crippen molar-refractivity contribution in [3.8, 4) is 6.07 Å². The Kier molecular flexibility index (Phi) is 4.18. The number of rotatable bonds is 3. The fourth-order valence-electron chi connectivity index (χ4n) is 1.95. The molecule has 0 amide bonds. The summed E-state index contributed by atoms with van der Waals surface area (Å²) in [6.07, 6.45) is 0. The van der Waals surface area contributed by atoms with Gasteiger partial charge in [-0.2, -0.15) is 5.26 Å². The number of anilines is 1. The normalized spacial score (nSPS) is 10.0. The van der Waals surface area contributed by atoms with E-state index in [2.05, 4.69) is 38.4 Å². The zero-order valence-corrected chi connectivity index (χ0v) is 12.5. The van der Waals surface area contributed by atoms with Gasteiger partial charge in [0.05, 0.1) is 16.9 Å². The van der Waals surface area contributed by atoms with E-state index in [1.54, 1.807) is 0 Å². The zero-order chi connectivity index (χ0) is 13.8. The molecule has 2 rings (SSSR count). The minimum Gasteiger partial charge on any atom is -0.380 e. The third-order valence-electron chi connectivity index (χ3n) is 2.81. The van der Waals surface area contributed by atoms with Gasteiger partial charge >= 0.3 is 0 Å². The number of hydrogen-bond acceptors (Lipinski definition) is 3. The summed E-state index contributed by atoms with van der Waals surface area (Å²) in [4.78, 5) is 4.30. The van der Waals surface area contributed by atoms with Crippen molar-refractivity contribution in [2.24, 2.45) is 0 Å². The van der Waals surface area contributed by atoms with Crippen molar-refractivity contribution in [3.63, 3.8) is 0 Å². The van der Waals surface area contributed by atoms with Crippen molar-refractivity contribution in [2.45, 2.75) is 20.4 Å². The molecule has 0 spiro atoms. The van der Waals surface area contributed by atoms with Crippen LogP contribution in [0.5, 0.6) is 0 Å². The number of hydrogen-bond donors (Lipinski definition) is 1. The first kappa shape index (κ1) is 13.6. The lowest BCUT2D eigenvalue weighted by atomic mass is 10.1. The minimum absolute atomic E-state index is 0.612. The summed E-state index contributed by atoms with van der Waals surface area (Å²) in [6, 6.07) is 12.2. The lowest BCUT2D eigenvalue weighted by Gasteiger charge is -2.11. The fraction of sp³-hybridized carbons (Fsp3) is 0.200. The van der Waals surface area contributed by atoms with E-state index in [9.17, 15) is 5.26 Å². The van der Waals surface area contributed by atoms with Gasteiger partial charge in [0.25, 0.3) is 0 Å². The van der Waals surface area contributed by atoms with Gasteiger partial charge in [-0.1, -0.05) is 28.1 Å². The average Bonchev–Trinajstić information content (AvgIpc) is 2.36. The van der Waals surface area contributed by atoms with Gasteiger partial charge in [-0.15, -0.1) is 0 Å². The fourth-order valence-corrected chi connectivity index (χ4v) is 2.40. The van der Waals surface area contributed by atoms with Gasteiger partial charge in [-0.05, 0) is 37.6 Å². The van der Waals surface area contributed by atoms with Gasteiger partial charge in [-0.25, -0.2) is 0 Å². The Morgan fingerprint density at radius 3 is 2.79 bits per heavy atom. The summed E-state index contributed by atoms with van der Waals surface area (Å²) in [6.45, 7) is 4.46. The van der Waals surface area contributed by atoms with Crippen molar-refractivity contribution in [3.05, 3.63) is 57.3 Å². The molecule has 0 fully saturated rings.